The minimum absolute atomic E-state index is 0.0699. The number of benzene rings is 2. The zero-order valence-electron chi connectivity index (χ0n) is 21.2. The van der Waals surface area contributed by atoms with Crippen LogP contribution in [0.1, 0.15) is 43.7 Å². The van der Waals surface area contributed by atoms with Crippen molar-refractivity contribution in [2.45, 2.75) is 27.7 Å². The Morgan fingerprint density at radius 2 is 1.73 bits per heavy atom. The van der Waals surface area contributed by atoms with Crippen molar-refractivity contribution in [2.75, 3.05) is 28.6 Å². The molecule has 0 aliphatic carbocycles. The molecule has 2 amide bonds. The summed E-state index contributed by atoms with van der Waals surface area (Å²) in [4.78, 5) is 31.1. The average molecular weight is 520 g/mol. The summed E-state index contributed by atoms with van der Waals surface area (Å²) < 4.78 is 0. The number of rotatable bonds is 9. The predicted octanol–water partition coefficient (Wildman–Crippen LogP) is 6.73. The van der Waals surface area contributed by atoms with E-state index in [0.29, 0.717) is 39.4 Å². The van der Waals surface area contributed by atoms with Gasteiger partial charge in [0.25, 0.3) is 0 Å². The standard InChI is InChI=1S/C28H30ClN5O3/c1-17(2)15-34(16-18(3)4)26-10-5-19(23-9-6-20(29)12-24(23)27(35)36)11-25(26)33-28(37)32-22-8-7-21(13-30)31-14-22/h5-12,14,17-18H,15-16H2,1-4H3,(H,35,36)(H2,32,33,37). The number of carbonyl (C=O) groups is 2. The maximum Gasteiger partial charge on any atom is 0.336 e. The van der Waals surface area contributed by atoms with Crippen molar-refractivity contribution >= 4 is 40.7 Å². The van der Waals surface area contributed by atoms with Crippen molar-refractivity contribution < 1.29 is 14.7 Å². The Labute approximate surface area is 221 Å². The zero-order valence-corrected chi connectivity index (χ0v) is 22.0. The molecule has 0 fully saturated rings. The number of pyridine rings is 1. The van der Waals surface area contributed by atoms with Gasteiger partial charge in [-0.1, -0.05) is 51.4 Å². The molecule has 8 nitrogen and oxygen atoms in total. The lowest BCUT2D eigenvalue weighted by Crippen LogP contribution is -2.32. The molecule has 1 aromatic heterocycles. The minimum Gasteiger partial charge on any atom is -0.478 e. The van der Waals surface area contributed by atoms with Gasteiger partial charge in [0.05, 0.1) is 28.8 Å². The van der Waals surface area contributed by atoms with E-state index in [2.05, 4.69) is 48.2 Å². The van der Waals surface area contributed by atoms with Gasteiger partial charge >= 0.3 is 12.0 Å². The van der Waals surface area contributed by atoms with Gasteiger partial charge in [-0.15, -0.1) is 0 Å². The fraction of sp³-hybridized carbons (Fsp3) is 0.286. The summed E-state index contributed by atoms with van der Waals surface area (Å²) in [5, 5.41) is 24.7. The van der Waals surface area contributed by atoms with Crippen LogP contribution >= 0.6 is 11.6 Å². The van der Waals surface area contributed by atoms with Crippen LogP contribution < -0.4 is 15.5 Å². The van der Waals surface area contributed by atoms with Crippen LogP contribution in [-0.2, 0) is 0 Å². The number of aromatic nitrogens is 1. The van der Waals surface area contributed by atoms with Gasteiger partial charge in [0.2, 0.25) is 0 Å². The molecule has 0 saturated carbocycles. The number of nitrogens with one attached hydrogen (secondary N) is 2. The summed E-state index contributed by atoms with van der Waals surface area (Å²) in [6, 6.07) is 14.8. The molecule has 0 aliphatic rings. The number of carboxylic acid groups (broad SMARTS) is 1. The molecular formula is C28H30ClN5O3. The highest BCUT2D eigenvalue weighted by Crippen LogP contribution is 2.35. The molecule has 0 radical (unpaired) electrons. The first-order chi connectivity index (χ1) is 17.6. The molecule has 3 aromatic rings. The molecule has 0 atom stereocenters. The summed E-state index contributed by atoms with van der Waals surface area (Å²) in [6.45, 7) is 10.1. The van der Waals surface area contributed by atoms with Crippen molar-refractivity contribution in [2.24, 2.45) is 11.8 Å². The van der Waals surface area contributed by atoms with Crippen LogP contribution in [-0.4, -0.2) is 35.2 Å². The van der Waals surface area contributed by atoms with Crippen LogP contribution in [0.25, 0.3) is 11.1 Å². The Morgan fingerprint density at radius 1 is 1.03 bits per heavy atom. The molecule has 9 heteroatoms. The second-order valence-electron chi connectivity index (χ2n) is 9.54. The number of amides is 2. The van der Waals surface area contributed by atoms with Crippen LogP contribution in [0.2, 0.25) is 5.02 Å². The number of nitrogens with zero attached hydrogens (tertiary/aromatic N) is 3. The third-order valence-electron chi connectivity index (χ3n) is 5.42. The highest BCUT2D eigenvalue weighted by Gasteiger charge is 2.19. The molecule has 2 aromatic carbocycles. The molecule has 3 N–H and O–H groups in total. The average Bonchev–Trinajstić information content (AvgIpc) is 2.83. The lowest BCUT2D eigenvalue weighted by atomic mass is 9.98. The Bertz CT molecular complexity index is 1310. The number of hydrogen-bond acceptors (Lipinski definition) is 5. The highest BCUT2D eigenvalue weighted by atomic mass is 35.5. The fourth-order valence-electron chi connectivity index (χ4n) is 4.00. The number of urea groups is 1. The van der Waals surface area contributed by atoms with Crippen LogP contribution in [0.3, 0.4) is 0 Å². The largest absolute Gasteiger partial charge is 0.478 e. The number of anilines is 3. The molecule has 37 heavy (non-hydrogen) atoms. The maximum atomic E-state index is 13.0. The molecule has 3 rings (SSSR count). The summed E-state index contributed by atoms with van der Waals surface area (Å²) in [7, 11) is 0. The van der Waals surface area contributed by atoms with Gasteiger partial charge in [-0.25, -0.2) is 14.6 Å². The van der Waals surface area contributed by atoms with Gasteiger partial charge in [-0.3, -0.25) is 0 Å². The first-order valence-corrected chi connectivity index (χ1v) is 12.3. The summed E-state index contributed by atoms with van der Waals surface area (Å²) in [5.74, 6) is -0.345. The van der Waals surface area contributed by atoms with Gasteiger partial charge in [-0.2, -0.15) is 5.26 Å². The number of carboxylic acids is 1. The van der Waals surface area contributed by atoms with Gasteiger partial charge in [0.15, 0.2) is 0 Å². The van der Waals surface area contributed by atoms with Crippen LogP contribution in [0.15, 0.2) is 54.7 Å². The molecule has 192 valence electrons. The van der Waals surface area contributed by atoms with E-state index in [1.807, 2.05) is 18.2 Å². The molecule has 1 heterocycles. The smallest absolute Gasteiger partial charge is 0.336 e. The number of carbonyl (C=O) groups excluding carboxylic acids is 1. The quantitative estimate of drug-likeness (QED) is 0.288. The van der Waals surface area contributed by atoms with Gasteiger partial charge in [-0.05, 0) is 59.4 Å². The van der Waals surface area contributed by atoms with E-state index in [1.165, 1.54) is 18.3 Å². The van der Waals surface area contributed by atoms with E-state index in [-0.39, 0.29) is 11.3 Å². The lowest BCUT2D eigenvalue weighted by molar-refractivity contribution is 0.0697. The number of halogens is 1. The number of nitriles is 1. The predicted molar refractivity (Wildman–Crippen MR) is 147 cm³/mol. The Balaban J connectivity index is 2.04. The topological polar surface area (TPSA) is 118 Å². The Morgan fingerprint density at radius 3 is 2.30 bits per heavy atom. The number of hydrogen-bond donors (Lipinski definition) is 3. The van der Waals surface area contributed by atoms with Crippen molar-refractivity contribution in [1.82, 2.24) is 4.98 Å². The first kappa shape index (κ1) is 27.5. The summed E-state index contributed by atoms with van der Waals surface area (Å²) in [6.07, 6.45) is 1.41. The van der Waals surface area contributed by atoms with Crippen LogP contribution in [0.4, 0.5) is 21.9 Å². The normalized spacial score (nSPS) is 10.8. The van der Waals surface area contributed by atoms with Crippen LogP contribution in [0, 0.1) is 23.2 Å². The Hall–Kier alpha value is -4.09. The summed E-state index contributed by atoms with van der Waals surface area (Å²) in [5.41, 5.74) is 3.22. The number of aromatic carboxylic acids is 1. The van der Waals surface area contributed by atoms with E-state index in [1.54, 1.807) is 24.3 Å². The second-order valence-corrected chi connectivity index (χ2v) is 9.98. The second kappa shape index (κ2) is 12.2. The van der Waals surface area contributed by atoms with E-state index >= 15 is 0 Å². The monoisotopic (exact) mass is 519 g/mol. The lowest BCUT2D eigenvalue weighted by Gasteiger charge is -2.31. The molecular weight excluding hydrogens is 490 g/mol. The van der Waals surface area contributed by atoms with Crippen molar-refractivity contribution in [3.63, 3.8) is 0 Å². The van der Waals surface area contributed by atoms with Gasteiger partial charge in [0, 0.05) is 18.1 Å². The van der Waals surface area contributed by atoms with Crippen LogP contribution in [0.5, 0.6) is 0 Å². The molecule has 0 aliphatic heterocycles. The SMILES string of the molecule is CC(C)CN(CC(C)C)c1ccc(-c2ccc(Cl)cc2C(=O)O)cc1NC(=O)Nc1ccc(C#N)nc1. The molecule has 0 bridgehead atoms. The van der Waals surface area contributed by atoms with Crippen molar-refractivity contribution in [1.29, 1.82) is 5.26 Å². The summed E-state index contributed by atoms with van der Waals surface area (Å²) >= 11 is 6.05. The minimum atomic E-state index is -1.09. The van der Waals surface area contributed by atoms with Gasteiger partial charge < -0.3 is 20.6 Å². The van der Waals surface area contributed by atoms with Gasteiger partial charge in [0.1, 0.15) is 11.8 Å². The van der Waals surface area contributed by atoms with E-state index in [4.69, 9.17) is 16.9 Å². The maximum absolute atomic E-state index is 13.0. The Kier molecular flexibility index (Phi) is 9.10. The zero-order chi connectivity index (χ0) is 27.1. The highest BCUT2D eigenvalue weighted by molar-refractivity contribution is 6.31. The van der Waals surface area contributed by atoms with Crippen molar-refractivity contribution in [3.05, 3.63) is 71.0 Å². The molecule has 0 saturated heterocycles. The fourth-order valence-corrected chi connectivity index (χ4v) is 4.17. The molecule has 0 unspecified atom stereocenters. The first-order valence-electron chi connectivity index (χ1n) is 11.9. The third kappa shape index (κ3) is 7.45. The van der Waals surface area contributed by atoms with E-state index in [0.717, 1.165) is 18.8 Å². The molecule has 0 spiro atoms. The van der Waals surface area contributed by atoms with Crippen molar-refractivity contribution in [3.8, 4) is 17.2 Å². The third-order valence-corrected chi connectivity index (χ3v) is 5.65. The van der Waals surface area contributed by atoms with E-state index < -0.39 is 12.0 Å². The van der Waals surface area contributed by atoms with E-state index in [9.17, 15) is 14.7 Å².